The Morgan fingerprint density at radius 3 is 2.74 bits per heavy atom. The molecule has 2 rings (SSSR count). The van der Waals surface area contributed by atoms with Gasteiger partial charge < -0.3 is 15.2 Å². The van der Waals surface area contributed by atoms with Gasteiger partial charge in [0.1, 0.15) is 5.75 Å². The highest BCUT2D eigenvalue weighted by atomic mass is 16.5. The maximum atomic E-state index is 10.3. The molecule has 1 aromatic carbocycles. The van der Waals surface area contributed by atoms with E-state index in [0.29, 0.717) is 12.0 Å². The molecule has 1 aromatic rings. The van der Waals surface area contributed by atoms with Crippen LogP contribution in [0.15, 0.2) is 18.2 Å². The second-order valence-electron chi connectivity index (χ2n) is 5.75. The molecule has 1 fully saturated rings. The zero-order chi connectivity index (χ0) is 13.9. The summed E-state index contributed by atoms with van der Waals surface area (Å²) in [7, 11) is 1.64. The molecule has 1 saturated carbocycles. The fourth-order valence-corrected chi connectivity index (χ4v) is 2.53. The number of rotatable bonds is 7. The Kier molecular flexibility index (Phi) is 4.48. The molecule has 0 aromatic heterocycles. The Hall–Kier alpha value is -1.06. The van der Waals surface area contributed by atoms with E-state index >= 15 is 0 Å². The van der Waals surface area contributed by atoms with Crippen LogP contribution in [0.4, 0.5) is 0 Å². The molecule has 1 unspecified atom stereocenters. The van der Waals surface area contributed by atoms with Gasteiger partial charge in [-0.2, -0.15) is 0 Å². The summed E-state index contributed by atoms with van der Waals surface area (Å²) in [6, 6.07) is 5.92. The lowest BCUT2D eigenvalue weighted by atomic mass is 10.0. The lowest BCUT2D eigenvalue weighted by molar-refractivity contribution is 0.167. The van der Waals surface area contributed by atoms with Crippen LogP contribution in [0.25, 0.3) is 0 Å². The molecule has 0 saturated heterocycles. The monoisotopic (exact) mass is 263 g/mol. The van der Waals surface area contributed by atoms with Crippen molar-refractivity contribution in [2.45, 2.75) is 39.2 Å². The molecule has 0 heterocycles. The predicted octanol–water partition coefficient (Wildman–Crippen LogP) is 2.82. The summed E-state index contributed by atoms with van der Waals surface area (Å²) >= 11 is 0. The summed E-state index contributed by atoms with van der Waals surface area (Å²) in [4.78, 5) is 0. The molecule has 106 valence electrons. The minimum absolute atomic E-state index is 0.510. The predicted molar refractivity (Wildman–Crippen MR) is 77.5 cm³/mol. The molecule has 0 amide bonds. The molecular weight excluding hydrogens is 238 g/mol. The topological polar surface area (TPSA) is 41.5 Å². The summed E-state index contributed by atoms with van der Waals surface area (Å²) in [5, 5.41) is 13.7. The maximum absolute atomic E-state index is 10.3. The highest BCUT2D eigenvalue weighted by Crippen LogP contribution is 2.47. The van der Waals surface area contributed by atoms with Crippen LogP contribution >= 0.6 is 0 Å². The van der Waals surface area contributed by atoms with Gasteiger partial charge in [-0.25, -0.2) is 0 Å². The van der Waals surface area contributed by atoms with Crippen molar-refractivity contribution >= 4 is 0 Å². The van der Waals surface area contributed by atoms with Gasteiger partial charge in [0.25, 0.3) is 0 Å². The number of ether oxygens (including phenoxy) is 1. The lowest BCUT2D eigenvalue weighted by Gasteiger charge is -2.18. The second-order valence-corrected chi connectivity index (χ2v) is 5.75. The van der Waals surface area contributed by atoms with Crippen molar-refractivity contribution in [1.82, 2.24) is 5.32 Å². The number of hydrogen-bond donors (Lipinski definition) is 2. The number of benzene rings is 1. The van der Waals surface area contributed by atoms with E-state index in [4.69, 9.17) is 4.74 Å². The van der Waals surface area contributed by atoms with Gasteiger partial charge in [0.05, 0.1) is 13.2 Å². The van der Waals surface area contributed by atoms with E-state index in [2.05, 4.69) is 12.2 Å². The summed E-state index contributed by atoms with van der Waals surface area (Å²) in [5.41, 5.74) is 2.52. The summed E-state index contributed by atoms with van der Waals surface area (Å²) < 4.78 is 5.31. The van der Waals surface area contributed by atoms with Crippen LogP contribution in [0.3, 0.4) is 0 Å². The Balaban J connectivity index is 1.92. The molecule has 1 aliphatic rings. The molecule has 0 aliphatic heterocycles. The van der Waals surface area contributed by atoms with E-state index in [-0.39, 0.29) is 0 Å². The van der Waals surface area contributed by atoms with Crippen molar-refractivity contribution in [3.05, 3.63) is 29.3 Å². The zero-order valence-electron chi connectivity index (χ0n) is 12.2. The first kappa shape index (κ1) is 14.4. The fraction of sp³-hybridized carbons (Fsp3) is 0.625. The zero-order valence-corrected chi connectivity index (χ0v) is 12.2. The Bertz CT molecular complexity index is 427. The first-order valence-electron chi connectivity index (χ1n) is 7.13. The normalized spacial score (nSPS) is 18.1. The van der Waals surface area contributed by atoms with E-state index < -0.39 is 6.10 Å². The van der Waals surface area contributed by atoms with Gasteiger partial charge in [-0.3, -0.25) is 0 Å². The molecule has 0 radical (unpaired) electrons. The molecule has 3 heteroatoms. The third-order valence-electron chi connectivity index (χ3n) is 4.29. The van der Waals surface area contributed by atoms with Crippen LogP contribution < -0.4 is 10.1 Å². The number of methoxy groups -OCH3 is 1. The molecule has 1 atom stereocenters. The average Bonchev–Trinajstić information content (AvgIpc) is 3.19. The third kappa shape index (κ3) is 3.48. The molecular formula is C16H25NO2. The van der Waals surface area contributed by atoms with Crippen molar-refractivity contribution in [2.75, 3.05) is 20.2 Å². The molecule has 2 N–H and O–H groups in total. The standard InChI is InChI=1S/C16H25NO2/c1-4-16(7-8-16)11-17-10-14(18)13-9-12(2)5-6-15(13)19-3/h5-6,9,14,17-18H,4,7-8,10-11H2,1-3H3. The average molecular weight is 263 g/mol. The Morgan fingerprint density at radius 2 is 2.16 bits per heavy atom. The molecule has 3 nitrogen and oxygen atoms in total. The number of aliphatic hydroxyl groups is 1. The quantitative estimate of drug-likeness (QED) is 0.795. The van der Waals surface area contributed by atoms with E-state index in [1.165, 1.54) is 19.3 Å². The third-order valence-corrected chi connectivity index (χ3v) is 4.29. The van der Waals surface area contributed by atoms with Gasteiger partial charge in [-0.15, -0.1) is 0 Å². The largest absolute Gasteiger partial charge is 0.496 e. The van der Waals surface area contributed by atoms with Crippen molar-refractivity contribution in [1.29, 1.82) is 0 Å². The smallest absolute Gasteiger partial charge is 0.124 e. The minimum Gasteiger partial charge on any atom is -0.496 e. The van der Waals surface area contributed by atoms with Crippen molar-refractivity contribution in [2.24, 2.45) is 5.41 Å². The number of nitrogens with one attached hydrogen (secondary N) is 1. The number of aryl methyl sites for hydroxylation is 1. The molecule has 19 heavy (non-hydrogen) atoms. The van der Waals surface area contributed by atoms with Gasteiger partial charge in [0, 0.05) is 18.7 Å². The van der Waals surface area contributed by atoms with Crippen LogP contribution in [0, 0.1) is 12.3 Å². The Morgan fingerprint density at radius 1 is 1.42 bits per heavy atom. The fourth-order valence-electron chi connectivity index (χ4n) is 2.53. The summed E-state index contributed by atoms with van der Waals surface area (Å²) in [6.07, 6.45) is 3.35. The SMILES string of the molecule is CCC1(CNCC(O)c2cc(C)ccc2OC)CC1. The van der Waals surface area contributed by atoms with Crippen molar-refractivity contribution in [3.8, 4) is 5.75 Å². The van der Waals surface area contributed by atoms with Crippen LogP contribution in [-0.2, 0) is 0 Å². The molecule has 0 spiro atoms. The van der Waals surface area contributed by atoms with E-state index in [0.717, 1.165) is 23.4 Å². The highest BCUT2D eigenvalue weighted by molar-refractivity contribution is 5.38. The maximum Gasteiger partial charge on any atom is 0.124 e. The summed E-state index contributed by atoms with van der Waals surface area (Å²) in [6.45, 7) is 5.87. The first-order valence-corrected chi connectivity index (χ1v) is 7.13. The minimum atomic E-state index is -0.512. The molecule has 0 bridgehead atoms. The van der Waals surface area contributed by atoms with Crippen molar-refractivity contribution < 1.29 is 9.84 Å². The highest BCUT2D eigenvalue weighted by Gasteiger charge is 2.39. The van der Waals surface area contributed by atoms with E-state index in [1.54, 1.807) is 7.11 Å². The second kappa shape index (κ2) is 5.93. The van der Waals surface area contributed by atoms with Crippen molar-refractivity contribution in [3.63, 3.8) is 0 Å². The molecule has 1 aliphatic carbocycles. The van der Waals surface area contributed by atoms with Crippen LogP contribution in [0.5, 0.6) is 5.75 Å². The van der Waals surface area contributed by atoms with Gasteiger partial charge in [0.2, 0.25) is 0 Å². The van der Waals surface area contributed by atoms with Gasteiger partial charge in [0.15, 0.2) is 0 Å². The first-order chi connectivity index (χ1) is 9.10. The number of hydrogen-bond acceptors (Lipinski definition) is 3. The van der Waals surface area contributed by atoms with E-state index in [9.17, 15) is 5.11 Å². The van der Waals surface area contributed by atoms with Crippen LogP contribution in [0.2, 0.25) is 0 Å². The van der Waals surface area contributed by atoms with Gasteiger partial charge in [-0.05, 0) is 43.7 Å². The van der Waals surface area contributed by atoms with Gasteiger partial charge >= 0.3 is 0 Å². The van der Waals surface area contributed by atoms with Gasteiger partial charge in [-0.1, -0.05) is 18.6 Å². The summed E-state index contributed by atoms with van der Waals surface area (Å²) in [5.74, 6) is 0.761. The van der Waals surface area contributed by atoms with Crippen LogP contribution in [-0.4, -0.2) is 25.3 Å². The Labute approximate surface area is 116 Å². The lowest BCUT2D eigenvalue weighted by Crippen LogP contribution is -2.28. The van der Waals surface area contributed by atoms with Crippen LogP contribution in [0.1, 0.15) is 43.4 Å². The van der Waals surface area contributed by atoms with E-state index in [1.807, 2.05) is 25.1 Å². The number of aliphatic hydroxyl groups excluding tert-OH is 1.